The number of carbonyl (C=O) groups is 2. The molecule has 3 aromatic carbocycles. The van der Waals surface area contributed by atoms with Crippen molar-refractivity contribution in [3.05, 3.63) is 100 Å². The van der Waals surface area contributed by atoms with E-state index in [9.17, 15) is 19.7 Å². The van der Waals surface area contributed by atoms with Gasteiger partial charge in [-0.2, -0.15) is 0 Å². The largest absolute Gasteiger partial charge is 0.309 e. The minimum absolute atomic E-state index is 0.0476. The predicted molar refractivity (Wildman–Crippen MR) is 132 cm³/mol. The van der Waals surface area contributed by atoms with Crippen LogP contribution in [0.2, 0.25) is 0 Å². The average Bonchev–Trinajstić information content (AvgIpc) is 2.84. The summed E-state index contributed by atoms with van der Waals surface area (Å²) in [5.74, 6) is -0.359. The van der Waals surface area contributed by atoms with Crippen LogP contribution in [0.25, 0.3) is 0 Å². The van der Waals surface area contributed by atoms with Crippen LogP contribution in [0.4, 0.5) is 17.1 Å². The molecular weight excluding hydrogens is 430 g/mol. The number of para-hydroxylation sites is 2. The van der Waals surface area contributed by atoms with Crippen LogP contribution in [0.5, 0.6) is 0 Å². The molecule has 0 saturated heterocycles. The summed E-state index contributed by atoms with van der Waals surface area (Å²) in [5, 5.41) is 11.1. The van der Waals surface area contributed by atoms with E-state index in [1.807, 2.05) is 80.3 Å². The van der Waals surface area contributed by atoms with Crippen LogP contribution >= 0.6 is 0 Å². The van der Waals surface area contributed by atoms with Crippen molar-refractivity contribution in [1.29, 1.82) is 0 Å². The van der Waals surface area contributed by atoms with Gasteiger partial charge in [0.05, 0.1) is 11.0 Å². The first-order valence-corrected chi connectivity index (χ1v) is 11.3. The summed E-state index contributed by atoms with van der Waals surface area (Å²) in [6, 6.07) is 22.3. The van der Waals surface area contributed by atoms with E-state index in [2.05, 4.69) is 0 Å². The van der Waals surface area contributed by atoms with E-state index < -0.39 is 4.92 Å². The quantitative estimate of drug-likeness (QED) is 0.360. The molecule has 0 bridgehead atoms. The van der Waals surface area contributed by atoms with Crippen LogP contribution < -0.4 is 9.80 Å². The third-order valence-corrected chi connectivity index (χ3v) is 6.18. The van der Waals surface area contributed by atoms with Gasteiger partial charge in [-0.15, -0.1) is 0 Å². The first kappa shape index (κ1) is 23.2. The molecule has 0 saturated carbocycles. The Morgan fingerprint density at radius 2 is 1.59 bits per heavy atom. The average molecular weight is 458 g/mol. The van der Waals surface area contributed by atoms with Crippen LogP contribution in [0.3, 0.4) is 0 Å². The fraction of sp³-hybridized carbons (Fsp3) is 0.259. The first-order chi connectivity index (χ1) is 16.3. The maximum Gasteiger partial charge on any atom is 0.269 e. The number of fused-ring (bicyclic) bond motifs is 1. The molecule has 0 aliphatic carbocycles. The summed E-state index contributed by atoms with van der Waals surface area (Å²) in [6.45, 7) is 5.78. The number of rotatable bonds is 5. The molecule has 7 heteroatoms. The molecular formula is C27H27N3O4. The maximum atomic E-state index is 13.8. The number of nitro benzene ring substituents is 1. The number of benzene rings is 3. The van der Waals surface area contributed by atoms with E-state index in [-0.39, 0.29) is 35.5 Å². The highest BCUT2D eigenvalue weighted by Gasteiger charge is 2.39. The zero-order valence-corrected chi connectivity index (χ0v) is 19.4. The molecule has 2 atom stereocenters. The highest BCUT2D eigenvalue weighted by Crippen LogP contribution is 2.43. The summed E-state index contributed by atoms with van der Waals surface area (Å²) in [4.78, 5) is 41.1. The Balaban J connectivity index is 1.82. The fourth-order valence-corrected chi connectivity index (χ4v) is 4.53. The summed E-state index contributed by atoms with van der Waals surface area (Å²) in [6.07, 6.45) is 0.559. The lowest BCUT2D eigenvalue weighted by Crippen LogP contribution is -2.49. The zero-order valence-electron chi connectivity index (χ0n) is 19.4. The first-order valence-electron chi connectivity index (χ1n) is 11.3. The molecule has 3 aromatic rings. The van der Waals surface area contributed by atoms with Gasteiger partial charge in [0.25, 0.3) is 11.6 Å². The number of nitro groups is 1. The molecule has 34 heavy (non-hydrogen) atoms. The number of carbonyl (C=O) groups excluding carboxylic acids is 2. The molecule has 0 fully saturated rings. The lowest BCUT2D eigenvalue weighted by molar-refractivity contribution is -0.384. The molecule has 1 aliphatic rings. The number of amides is 2. The Hall–Kier alpha value is -4.00. The molecule has 0 N–H and O–H groups in total. The van der Waals surface area contributed by atoms with Crippen LogP contribution in [-0.4, -0.2) is 22.8 Å². The molecule has 0 radical (unpaired) electrons. The van der Waals surface area contributed by atoms with Gasteiger partial charge < -0.3 is 9.80 Å². The number of hydrogen-bond donors (Lipinski definition) is 0. The molecule has 174 valence electrons. The van der Waals surface area contributed by atoms with Crippen LogP contribution in [0.15, 0.2) is 78.9 Å². The second-order valence-electron chi connectivity index (χ2n) is 8.84. The van der Waals surface area contributed by atoms with Gasteiger partial charge in [-0.25, -0.2) is 0 Å². The van der Waals surface area contributed by atoms with Gasteiger partial charge in [0.1, 0.15) is 0 Å². The smallest absolute Gasteiger partial charge is 0.269 e. The molecule has 0 spiro atoms. The van der Waals surface area contributed by atoms with Crippen molar-refractivity contribution >= 4 is 28.9 Å². The number of hydrogen-bond acceptors (Lipinski definition) is 4. The Bertz CT molecular complexity index is 1210. The summed E-state index contributed by atoms with van der Waals surface area (Å²) < 4.78 is 0. The Morgan fingerprint density at radius 1 is 0.971 bits per heavy atom. The second kappa shape index (κ2) is 9.47. The molecule has 2 amide bonds. The third-order valence-electron chi connectivity index (χ3n) is 6.18. The van der Waals surface area contributed by atoms with E-state index >= 15 is 0 Å². The Kier molecular flexibility index (Phi) is 6.45. The van der Waals surface area contributed by atoms with Gasteiger partial charge in [0, 0.05) is 41.0 Å². The van der Waals surface area contributed by atoms with Crippen molar-refractivity contribution in [2.75, 3.05) is 9.80 Å². The van der Waals surface area contributed by atoms with Crippen molar-refractivity contribution in [1.82, 2.24) is 0 Å². The van der Waals surface area contributed by atoms with Gasteiger partial charge in [-0.05, 0) is 49.2 Å². The molecule has 0 unspecified atom stereocenters. The topological polar surface area (TPSA) is 83.8 Å². The van der Waals surface area contributed by atoms with Crippen LogP contribution in [0, 0.1) is 16.0 Å². The van der Waals surface area contributed by atoms with Crippen LogP contribution in [0.1, 0.15) is 49.2 Å². The Labute approximate surface area is 198 Å². The summed E-state index contributed by atoms with van der Waals surface area (Å²) in [5.41, 5.74) is 2.72. The van der Waals surface area contributed by atoms with Crippen molar-refractivity contribution < 1.29 is 14.5 Å². The molecule has 0 aromatic heterocycles. The third kappa shape index (κ3) is 4.29. The number of nitrogens with zero attached hydrogens (tertiary/aromatic N) is 3. The van der Waals surface area contributed by atoms with Crippen LogP contribution in [-0.2, 0) is 4.79 Å². The number of anilines is 2. The highest BCUT2D eigenvalue weighted by atomic mass is 16.6. The van der Waals surface area contributed by atoms with Crippen molar-refractivity contribution in [2.45, 2.75) is 39.3 Å². The van der Waals surface area contributed by atoms with E-state index in [0.717, 1.165) is 16.9 Å². The van der Waals surface area contributed by atoms with E-state index in [1.54, 1.807) is 4.90 Å². The van der Waals surface area contributed by atoms with Crippen molar-refractivity contribution in [2.24, 2.45) is 5.92 Å². The lowest BCUT2D eigenvalue weighted by atomic mass is 9.88. The number of non-ortho nitro benzene ring substituents is 1. The van der Waals surface area contributed by atoms with E-state index in [1.165, 1.54) is 24.3 Å². The summed E-state index contributed by atoms with van der Waals surface area (Å²) >= 11 is 0. The molecule has 7 nitrogen and oxygen atoms in total. The minimum Gasteiger partial charge on any atom is -0.309 e. The monoisotopic (exact) mass is 457 g/mol. The SMILES string of the molecule is CC(C)C(=O)N1c2ccccc2[C@@H](N(C(=O)c2ccc([N+](=O)[O-])cc2)c2ccccc2)C[C@@H]1C. The lowest BCUT2D eigenvalue weighted by Gasteiger charge is -2.44. The molecule has 4 rings (SSSR count). The normalized spacial score (nSPS) is 17.2. The van der Waals surface area contributed by atoms with Gasteiger partial charge in [0.15, 0.2) is 0 Å². The summed E-state index contributed by atoms with van der Waals surface area (Å²) in [7, 11) is 0. The van der Waals surface area contributed by atoms with Crippen molar-refractivity contribution in [3.8, 4) is 0 Å². The van der Waals surface area contributed by atoms with Gasteiger partial charge in [-0.3, -0.25) is 19.7 Å². The molecule has 1 heterocycles. The minimum atomic E-state index is -0.484. The maximum absolute atomic E-state index is 13.8. The van der Waals surface area contributed by atoms with Gasteiger partial charge in [-0.1, -0.05) is 50.2 Å². The van der Waals surface area contributed by atoms with E-state index in [0.29, 0.717) is 12.0 Å². The highest BCUT2D eigenvalue weighted by molar-refractivity contribution is 6.07. The van der Waals surface area contributed by atoms with E-state index in [4.69, 9.17) is 0 Å². The standard InChI is InChI=1S/C27H27N3O4/c1-18(2)26(31)28-19(3)17-25(23-11-7-8-12-24(23)28)29(21-9-5-4-6-10-21)27(32)20-13-15-22(16-14-20)30(33)34/h4-16,18-19,25H,17H2,1-3H3/t19-,25-/m0/s1. The van der Waals surface area contributed by atoms with Gasteiger partial charge in [0.2, 0.25) is 5.91 Å². The predicted octanol–water partition coefficient (Wildman–Crippen LogP) is 5.76. The molecule has 1 aliphatic heterocycles. The zero-order chi connectivity index (χ0) is 24.4. The Morgan fingerprint density at radius 3 is 2.21 bits per heavy atom. The second-order valence-corrected chi connectivity index (χ2v) is 8.84. The fourth-order valence-electron chi connectivity index (χ4n) is 4.53. The van der Waals surface area contributed by atoms with Gasteiger partial charge >= 0.3 is 0 Å². The van der Waals surface area contributed by atoms with Crippen molar-refractivity contribution in [3.63, 3.8) is 0 Å².